The van der Waals surface area contributed by atoms with Gasteiger partial charge in [-0.05, 0) is 37.6 Å². The molecule has 9 atom stereocenters. The lowest BCUT2D eigenvalue weighted by atomic mass is 9.88. The van der Waals surface area contributed by atoms with Crippen LogP contribution in [0.3, 0.4) is 0 Å². The molecule has 1 aromatic rings. The zero-order valence-corrected chi connectivity index (χ0v) is 19.6. The Morgan fingerprint density at radius 2 is 1.89 bits per heavy atom. The first-order chi connectivity index (χ1) is 16.5. The highest BCUT2D eigenvalue weighted by Crippen LogP contribution is 2.33. The Labute approximate surface area is 201 Å². The third-order valence-electron chi connectivity index (χ3n) is 6.01. The van der Waals surface area contributed by atoms with E-state index in [0.717, 1.165) is 6.08 Å². The summed E-state index contributed by atoms with van der Waals surface area (Å²) in [4.78, 5) is 12.2. The number of aromatic hydroxyl groups is 1. The van der Waals surface area contributed by atoms with Gasteiger partial charge in [0.25, 0.3) is 0 Å². The Morgan fingerprint density at radius 1 is 1.17 bits per heavy atom. The lowest BCUT2D eigenvalue weighted by Crippen LogP contribution is -2.64. The number of rotatable bonds is 7. The van der Waals surface area contributed by atoms with Gasteiger partial charge in [0.05, 0.1) is 25.9 Å². The van der Waals surface area contributed by atoms with Crippen LogP contribution in [0.15, 0.2) is 24.3 Å². The number of aliphatic hydroxyl groups is 5. The number of hydrogen-bond acceptors (Lipinski definition) is 12. The summed E-state index contributed by atoms with van der Waals surface area (Å²) in [6.07, 6.45) is -8.13. The van der Waals surface area contributed by atoms with E-state index < -0.39 is 67.4 Å². The molecule has 196 valence electrons. The minimum atomic E-state index is -1.86. The Bertz CT molecular complexity index is 906. The predicted octanol–water partition coefficient (Wildman–Crippen LogP) is -0.972. The summed E-state index contributed by atoms with van der Waals surface area (Å²) < 4.78 is 26.8. The van der Waals surface area contributed by atoms with E-state index in [1.807, 2.05) is 0 Å². The Morgan fingerprint density at radius 3 is 2.54 bits per heavy atom. The van der Waals surface area contributed by atoms with Crippen LogP contribution in [0.2, 0.25) is 0 Å². The quantitative estimate of drug-likeness (QED) is 0.199. The van der Waals surface area contributed by atoms with E-state index in [-0.39, 0.29) is 17.9 Å². The molecular formula is C23H32O12. The van der Waals surface area contributed by atoms with Crippen LogP contribution in [0.5, 0.6) is 11.5 Å². The number of hydrogen-bond donors (Lipinski definition) is 6. The molecule has 0 aliphatic carbocycles. The number of esters is 1. The molecule has 3 rings (SSSR count). The summed E-state index contributed by atoms with van der Waals surface area (Å²) in [5.74, 6) is -0.714. The van der Waals surface area contributed by atoms with E-state index in [2.05, 4.69) is 0 Å². The van der Waals surface area contributed by atoms with Crippen LogP contribution in [-0.2, 0) is 23.7 Å². The third-order valence-corrected chi connectivity index (χ3v) is 6.01. The summed E-state index contributed by atoms with van der Waals surface area (Å²) in [7, 11) is 1.39. The van der Waals surface area contributed by atoms with Crippen LogP contribution < -0.4 is 4.74 Å². The van der Waals surface area contributed by atoms with Crippen molar-refractivity contribution in [3.63, 3.8) is 0 Å². The molecule has 0 radical (unpaired) electrons. The second kappa shape index (κ2) is 11.2. The largest absolute Gasteiger partial charge is 0.504 e. The number of ether oxygens (including phenoxy) is 5. The maximum absolute atomic E-state index is 12.2. The molecule has 2 heterocycles. The van der Waals surface area contributed by atoms with Crippen LogP contribution in [-0.4, -0.2) is 105 Å². The van der Waals surface area contributed by atoms with Crippen molar-refractivity contribution in [3.05, 3.63) is 29.8 Å². The summed E-state index contributed by atoms with van der Waals surface area (Å²) in [5, 5.41) is 61.0. The van der Waals surface area contributed by atoms with Gasteiger partial charge in [-0.15, -0.1) is 0 Å². The summed E-state index contributed by atoms with van der Waals surface area (Å²) in [5.41, 5.74) is -1.33. The smallest absolute Gasteiger partial charge is 0.333 e. The monoisotopic (exact) mass is 500 g/mol. The Balaban J connectivity index is 1.62. The van der Waals surface area contributed by atoms with Gasteiger partial charge in [-0.25, -0.2) is 4.79 Å². The Kier molecular flexibility index (Phi) is 8.72. The van der Waals surface area contributed by atoms with Crippen LogP contribution in [0.4, 0.5) is 0 Å². The summed E-state index contributed by atoms with van der Waals surface area (Å²) in [6, 6.07) is 4.44. The van der Waals surface area contributed by atoms with Gasteiger partial charge in [-0.1, -0.05) is 6.07 Å². The van der Waals surface area contributed by atoms with E-state index in [1.54, 1.807) is 13.0 Å². The van der Waals surface area contributed by atoms with Crippen LogP contribution in [0, 0.1) is 0 Å². The van der Waals surface area contributed by atoms with E-state index >= 15 is 0 Å². The van der Waals surface area contributed by atoms with Crippen molar-refractivity contribution >= 4 is 12.0 Å². The molecule has 2 aliphatic heterocycles. The van der Waals surface area contributed by atoms with E-state index in [9.17, 15) is 35.4 Å². The number of carbonyl (C=O) groups is 1. The van der Waals surface area contributed by atoms with Gasteiger partial charge in [0, 0.05) is 12.5 Å². The molecule has 0 bridgehead atoms. The average molecular weight is 500 g/mol. The molecule has 2 fully saturated rings. The minimum absolute atomic E-state index is 0.0328. The molecule has 12 nitrogen and oxygen atoms in total. The zero-order chi connectivity index (χ0) is 25.9. The molecule has 5 unspecified atom stereocenters. The highest BCUT2D eigenvalue weighted by atomic mass is 16.7. The second-order valence-corrected chi connectivity index (χ2v) is 8.72. The predicted molar refractivity (Wildman–Crippen MR) is 118 cm³/mol. The maximum atomic E-state index is 12.2. The van der Waals surface area contributed by atoms with Crippen molar-refractivity contribution in [2.24, 2.45) is 0 Å². The van der Waals surface area contributed by atoms with Gasteiger partial charge in [0.1, 0.15) is 30.0 Å². The van der Waals surface area contributed by atoms with Crippen molar-refractivity contribution in [2.75, 3.05) is 13.7 Å². The molecular weight excluding hydrogens is 468 g/mol. The fourth-order valence-corrected chi connectivity index (χ4v) is 4.05. The molecule has 0 amide bonds. The number of carbonyl (C=O) groups excluding carboxylic acids is 1. The van der Waals surface area contributed by atoms with Crippen LogP contribution in [0.25, 0.3) is 6.08 Å². The lowest BCUT2D eigenvalue weighted by Gasteiger charge is -2.46. The second-order valence-electron chi connectivity index (χ2n) is 8.72. The highest BCUT2D eigenvalue weighted by molar-refractivity contribution is 5.87. The molecule has 12 heteroatoms. The van der Waals surface area contributed by atoms with Gasteiger partial charge in [0.15, 0.2) is 17.8 Å². The van der Waals surface area contributed by atoms with Crippen molar-refractivity contribution < 1.29 is 59.1 Å². The lowest BCUT2D eigenvalue weighted by molar-refractivity contribution is -0.350. The number of methoxy groups -OCH3 is 1. The Hall–Kier alpha value is -2.29. The molecule has 1 aromatic carbocycles. The minimum Gasteiger partial charge on any atom is -0.504 e. The number of aliphatic hydroxyl groups excluding tert-OH is 4. The van der Waals surface area contributed by atoms with Gasteiger partial charge < -0.3 is 54.3 Å². The summed E-state index contributed by atoms with van der Waals surface area (Å²) in [6.45, 7) is 2.38. The molecule has 2 aliphatic rings. The fourth-order valence-electron chi connectivity index (χ4n) is 4.05. The average Bonchev–Trinajstić information content (AvgIpc) is 2.82. The fraction of sp³-hybridized carbons (Fsp3) is 0.609. The molecule has 0 saturated carbocycles. The molecule has 0 spiro atoms. The normalized spacial score (nSPS) is 37.8. The van der Waals surface area contributed by atoms with Gasteiger partial charge in [0.2, 0.25) is 6.29 Å². The van der Waals surface area contributed by atoms with Gasteiger partial charge >= 0.3 is 5.97 Å². The first-order valence-electron chi connectivity index (χ1n) is 11.1. The van der Waals surface area contributed by atoms with E-state index in [1.165, 1.54) is 32.2 Å². The van der Waals surface area contributed by atoms with E-state index in [4.69, 9.17) is 23.7 Å². The summed E-state index contributed by atoms with van der Waals surface area (Å²) >= 11 is 0. The SMILES string of the molecule is COc1cc(/C=C/C(=O)O[C@@H]2OC(C)[C@H](O[C@@H]3OC(C)CC(O)(CO)[C@@H]3O)C(O)C2O)ccc1O. The third kappa shape index (κ3) is 6.11. The standard InChI is InChI=1S/C23H32O12/c1-11-9-23(30,10-24)20(29)22(32-11)35-19-12(2)33-21(18(28)17(19)27)34-16(26)7-5-13-4-6-14(25)15(8-13)31-3/h4-8,11-12,17-22,24-25,27-30H,9-10H2,1-3H3/b7-5+/t11?,12?,17?,18?,19-,20+,21-,22-,23?/m0/s1. The molecule has 35 heavy (non-hydrogen) atoms. The zero-order valence-electron chi connectivity index (χ0n) is 19.6. The number of benzene rings is 1. The first-order valence-corrected chi connectivity index (χ1v) is 11.1. The van der Waals surface area contributed by atoms with Gasteiger partial charge in [-0.3, -0.25) is 0 Å². The first kappa shape index (κ1) is 27.3. The maximum Gasteiger partial charge on any atom is 0.333 e. The number of phenolic OH excluding ortho intramolecular Hbond substituents is 1. The van der Waals surface area contributed by atoms with Gasteiger partial charge in [-0.2, -0.15) is 0 Å². The topological polar surface area (TPSA) is 185 Å². The van der Waals surface area contributed by atoms with Crippen LogP contribution >= 0.6 is 0 Å². The van der Waals surface area contributed by atoms with E-state index in [0.29, 0.717) is 5.56 Å². The highest BCUT2D eigenvalue weighted by Gasteiger charge is 2.51. The van der Waals surface area contributed by atoms with Crippen molar-refractivity contribution in [2.45, 2.75) is 75.1 Å². The van der Waals surface area contributed by atoms with Crippen LogP contribution in [0.1, 0.15) is 25.8 Å². The number of phenols is 1. The van der Waals surface area contributed by atoms with Crippen molar-refractivity contribution in [3.8, 4) is 11.5 Å². The molecule has 2 saturated heterocycles. The van der Waals surface area contributed by atoms with Crippen molar-refractivity contribution in [1.82, 2.24) is 0 Å². The molecule has 0 aromatic heterocycles. The molecule has 6 N–H and O–H groups in total. The van der Waals surface area contributed by atoms with Crippen molar-refractivity contribution in [1.29, 1.82) is 0 Å².